The van der Waals surface area contributed by atoms with Crippen molar-refractivity contribution < 1.29 is 4.79 Å². The van der Waals surface area contributed by atoms with Gasteiger partial charge in [-0.25, -0.2) is 0 Å². The smallest absolute Gasteiger partial charge is 0.222 e. The van der Waals surface area contributed by atoms with Crippen LogP contribution in [0.25, 0.3) is 0 Å². The van der Waals surface area contributed by atoms with Gasteiger partial charge >= 0.3 is 0 Å². The van der Waals surface area contributed by atoms with Gasteiger partial charge in [-0.15, -0.1) is 0 Å². The first-order valence-corrected chi connectivity index (χ1v) is 7.12. The highest BCUT2D eigenvalue weighted by Crippen LogP contribution is 2.34. The summed E-state index contributed by atoms with van der Waals surface area (Å²) in [6, 6.07) is 0.331. The molecular formula is C15H29NO. The van der Waals surface area contributed by atoms with E-state index >= 15 is 0 Å². The van der Waals surface area contributed by atoms with Crippen LogP contribution in [0.5, 0.6) is 0 Å². The zero-order chi connectivity index (χ0) is 13.1. The van der Waals surface area contributed by atoms with E-state index < -0.39 is 0 Å². The topological polar surface area (TPSA) is 29.1 Å². The number of hydrogen-bond acceptors (Lipinski definition) is 1. The van der Waals surface area contributed by atoms with Crippen molar-refractivity contribution in [3.05, 3.63) is 0 Å². The van der Waals surface area contributed by atoms with E-state index in [1.165, 1.54) is 32.1 Å². The Morgan fingerprint density at radius 2 is 1.65 bits per heavy atom. The molecule has 1 unspecified atom stereocenters. The van der Waals surface area contributed by atoms with Gasteiger partial charge in [0.25, 0.3) is 0 Å². The molecule has 2 heteroatoms. The summed E-state index contributed by atoms with van der Waals surface area (Å²) in [4.78, 5) is 11.9. The van der Waals surface area contributed by atoms with Crippen LogP contribution < -0.4 is 5.32 Å². The number of hydrogen-bond donors (Lipinski definition) is 1. The molecule has 0 spiro atoms. The Hall–Kier alpha value is -0.530. The zero-order valence-corrected chi connectivity index (χ0v) is 12.2. The SMILES string of the molecule is CC(C)C(=O)NC(C1CCCCC1)C(C)(C)C. The summed E-state index contributed by atoms with van der Waals surface area (Å²) in [7, 11) is 0. The Balaban J connectivity index is 2.69. The fourth-order valence-electron chi connectivity index (χ4n) is 2.83. The van der Waals surface area contributed by atoms with Crippen molar-refractivity contribution in [3.8, 4) is 0 Å². The molecular weight excluding hydrogens is 210 g/mol. The van der Waals surface area contributed by atoms with Gasteiger partial charge < -0.3 is 5.32 Å². The Kier molecular flexibility index (Phi) is 5.03. The van der Waals surface area contributed by atoms with Crippen LogP contribution in [0.3, 0.4) is 0 Å². The molecule has 2 nitrogen and oxygen atoms in total. The monoisotopic (exact) mass is 239 g/mol. The van der Waals surface area contributed by atoms with E-state index in [1.54, 1.807) is 0 Å². The van der Waals surface area contributed by atoms with E-state index in [-0.39, 0.29) is 17.2 Å². The molecule has 17 heavy (non-hydrogen) atoms. The Bertz CT molecular complexity index is 246. The van der Waals surface area contributed by atoms with Gasteiger partial charge in [0.1, 0.15) is 0 Å². The fourth-order valence-corrected chi connectivity index (χ4v) is 2.83. The lowest BCUT2D eigenvalue weighted by Gasteiger charge is -2.40. The number of amides is 1. The summed E-state index contributed by atoms with van der Waals surface area (Å²) in [5.41, 5.74) is 0.159. The summed E-state index contributed by atoms with van der Waals surface area (Å²) in [5, 5.41) is 3.29. The Labute approximate surface area is 107 Å². The highest BCUT2D eigenvalue weighted by atomic mass is 16.1. The molecule has 0 heterocycles. The molecule has 0 saturated heterocycles. The summed E-state index contributed by atoms with van der Waals surface area (Å²) < 4.78 is 0. The molecule has 1 amide bonds. The molecule has 1 saturated carbocycles. The molecule has 1 N–H and O–H groups in total. The Morgan fingerprint density at radius 3 is 2.06 bits per heavy atom. The van der Waals surface area contributed by atoms with Crippen LogP contribution in [0.2, 0.25) is 0 Å². The van der Waals surface area contributed by atoms with E-state index in [0.29, 0.717) is 12.0 Å². The average Bonchev–Trinajstić information content (AvgIpc) is 2.25. The van der Waals surface area contributed by atoms with Crippen LogP contribution >= 0.6 is 0 Å². The number of carbonyl (C=O) groups is 1. The van der Waals surface area contributed by atoms with Crippen molar-refractivity contribution in [3.63, 3.8) is 0 Å². The van der Waals surface area contributed by atoms with Crippen LogP contribution in [-0.4, -0.2) is 11.9 Å². The van der Waals surface area contributed by atoms with Crippen molar-refractivity contribution in [2.75, 3.05) is 0 Å². The predicted molar refractivity (Wildman–Crippen MR) is 72.8 cm³/mol. The lowest BCUT2D eigenvalue weighted by molar-refractivity contribution is -0.126. The van der Waals surface area contributed by atoms with Gasteiger partial charge in [0.15, 0.2) is 0 Å². The molecule has 1 atom stereocenters. The summed E-state index contributed by atoms with van der Waals surface area (Å²) >= 11 is 0. The molecule has 100 valence electrons. The molecule has 1 aliphatic carbocycles. The number of nitrogens with one attached hydrogen (secondary N) is 1. The van der Waals surface area contributed by atoms with E-state index in [2.05, 4.69) is 26.1 Å². The minimum Gasteiger partial charge on any atom is -0.352 e. The number of rotatable bonds is 3. The summed E-state index contributed by atoms with van der Waals surface area (Å²) in [6.45, 7) is 10.7. The molecule has 0 aromatic rings. The van der Waals surface area contributed by atoms with Crippen LogP contribution in [0.15, 0.2) is 0 Å². The highest BCUT2D eigenvalue weighted by molar-refractivity contribution is 5.78. The van der Waals surface area contributed by atoms with E-state index in [4.69, 9.17) is 0 Å². The maximum atomic E-state index is 11.9. The van der Waals surface area contributed by atoms with E-state index in [1.807, 2.05) is 13.8 Å². The van der Waals surface area contributed by atoms with Crippen molar-refractivity contribution >= 4 is 5.91 Å². The third kappa shape index (κ3) is 4.33. The zero-order valence-electron chi connectivity index (χ0n) is 12.2. The van der Waals surface area contributed by atoms with Crippen molar-refractivity contribution in [1.29, 1.82) is 0 Å². The van der Waals surface area contributed by atoms with Gasteiger partial charge in [0.05, 0.1) is 0 Å². The molecule has 0 bridgehead atoms. The first-order chi connectivity index (χ1) is 7.82. The van der Waals surface area contributed by atoms with E-state index in [0.717, 1.165) is 0 Å². The van der Waals surface area contributed by atoms with Gasteiger partial charge in [-0.05, 0) is 24.2 Å². The lowest BCUT2D eigenvalue weighted by atomic mass is 9.73. The second kappa shape index (κ2) is 5.88. The van der Waals surface area contributed by atoms with Gasteiger partial charge in [-0.3, -0.25) is 4.79 Å². The first kappa shape index (κ1) is 14.5. The largest absolute Gasteiger partial charge is 0.352 e. The second-order valence-electron chi connectivity index (χ2n) is 6.91. The quantitative estimate of drug-likeness (QED) is 0.798. The molecule has 0 aliphatic heterocycles. The standard InChI is InChI=1S/C15H29NO/c1-11(2)14(17)16-13(15(3,4)5)12-9-7-6-8-10-12/h11-13H,6-10H2,1-5H3,(H,16,17). The van der Waals surface area contributed by atoms with Gasteiger partial charge in [0.2, 0.25) is 5.91 Å². The third-order valence-corrected chi connectivity index (χ3v) is 3.88. The van der Waals surface area contributed by atoms with Crippen molar-refractivity contribution in [2.24, 2.45) is 17.3 Å². The normalized spacial score (nSPS) is 20.4. The first-order valence-electron chi connectivity index (χ1n) is 7.12. The number of carbonyl (C=O) groups excluding carboxylic acids is 1. The summed E-state index contributed by atoms with van der Waals surface area (Å²) in [5.74, 6) is 0.963. The molecule has 1 rings (SSSR count). The minimum absolute atomic E-state index is 0.0865. The van der Waals surface area contributed by atoms with Crippen molar-refractivity contribution in [2.45, 2.75) is 72.8 Å². The van der Waals surface area contributed by atoms with Crippen LogP contribution in [0.4, 0.5) is 0 Å². The highest BCUT2D eigenvalue weighted by Gasteiger charge is 2.34. The molecule has 0 radical (unpaired) electrons. The van der Waals surface area contributed by atoms with Gasteiger partial charge in [0, 0.05) is 12.0 Å². The fraction of sp³-hybridized carbons (Fsp3) is 0.933. The van der Waals surface area contributed by atoms with Crippen LogP contribution in [-0.2, 0) is 4.79 Å². The molecule has 1 aliphatic rings. The molecule has 0 aromatic heterocycles. The van der Waals surface area contributed by atoms with Crippen LogP contribution in [0, 0.1) is 17.3 Å². The van der Waals surface area contributed by atoms with E-state index in [9.17, 15) is 4.79 Å². The minimum atomic E-state index is 0.0865. The summed E-state index contributed by atoms with van der Waals surface area (Å²) in [6.07, 6.45) is 6.58. The maximum absolute atomic E-state index is 11.9. The van der Waals surface area contributed by atoms with Gasteiger partial charge in [-0.1, -0.05) is 53.9 Å². The third-order valence-electron chi connectivity index (χ3n) is 3.88. The maximum Gasteiger partial charge on any atom is 0.222 e. The van der Waals surface area contributed by atoms with Crippen molar-refractivity contribution in [1.82, 2.24) is 5.32 Å². The Morgan fingerprint density at radius 1 is 1.12 bits per heavy atom. The van der Waals surface area contributed by atoms with Crippen LogP contribution in [0.1, 0.15) is 66.7 Å². The lowest BCUT2D eigenvalue weighted by Crippen LogP contribution is -2.50. The second-order valence-corrected chi connectivity index (χ2v) is 6.91. The van der Waals surface area contributed by atoms with Gasteiger partial charge in [-0.2, -0.15) is 0 Å². The average molecular weight is 239 g/mol. The molecule has 0 aromatic carbocycles. The molecule has 1 fully saturated rings. The predicted octanol–water partition coefficient (Wildman–Crippen LogP) is 3.75.